The van der Waals surface area contributed by atoms with Gasteiger partial charge >= 0.3 is 0 Å². The summed E-state index contributed by atoms with van der Waals surface area (Å²) in [5.41, 5.74) is 6.59. The van der Waals surface area contributed by atoms with Crippen molar-refractivity contribution in [2.45, 2.75) is 18.9 Å². The van der Waals surface area contributed by atoms with Crippen LogP contribution in [0.15, 0.2) is 24.3 Å². The highest BCUT2D eigenvalue weighted by atomic mass is 35.5. The van der Waals surface area contributed by atoms with Crippen molar-refractivity contribution in [3.05, 3.63) is 29.3 Å². The monoisotopic (exact) mass is 224 g/mol. The number of hydrogen-bond donors (Lipinski definition) is 1. The third kappa shape index (κ3) is 2.13. The molecule has 0 saturated carbocycles. The number of carbonyl (C=O) groups excluding carboxylic acids is 1. The van der Waals surface area contributed by atoms with Crippen molar-refractivity contribution < 1.29 is 4.79 Å². The van der Waals surface area contributed by atoms with Gasteiger partial charge in [0.25, 0.3) is 0 Å². The number of hydrogen-bond acceptors (Lipinski definition) is 2. The smallest absolute Gasteiger partial charge is 0.243 e. The van der Waals surface area contributed by atoms with Crippen LogP contribution in [-0.4, -0.2) is 18.5 Å². The second kappa shape index (κ2) is 4.21. The average Bonchev–Trinajstić information content (AvgIpc) is 2.24. The van der Waals surface area contributed by atoms with Gasteiger partial charge in [-0.3, -0.25) is 4.79 Å². The molecule has 2 rings (SSSR count). The maximum absolute atomic E-state index is 11.8. The Balaban J connectivity index is 2.22. The first-order valence-corrected chi connectivity index (χ1v) is 5.39. The van der Waals surface area contributed by atoms with Crippen LogP contribution in [-0.2, 0) is 4.79 Å². The molecule has 4 heteroatoms. The largest absolute Gasteiger partial charge is 0.320 e. The molecule has 1 aliphatic heterocycles. The SMILES string of the molecule is NC1CCCN(c2ccc(Cl)cc2)C1=O. The summed E-state index contributed by atoms with van der Waals surface area (Å²) in [5, 5.41) is 0.674. The number of benzene rings is 1. The minimum atomic E-state index is -0.352. The Hall–Kier alpha value is -1.06. The van der Waals surface area contributed by atoms with Crippen LogP contribution in [0.1, 0.15) is 12.8 Å². The van der Waals surface area contributed by atoms with Crippen LogP contribution >= 0.6 is 11.6 Å². The van der Waals surface area contributed by atoms with E-state index in [2.05, 4.69) is 0 Å². The molecule has 1 fully saturated rings. The summed E-state index contributed by atoms with van der Waals surface area (Å²) in [7, 11) is 0. The molecule has 1 atom stereocenters. The highest BCUT2D eigenvalue weighted by molar-refractivity contribution is 6.30. The van der Waals surface area contributed by atoms with Gasteiger partial charge in [-0.05, 0) is 37.1 Å². The van der Waals surface area contributed by atoms with Gasteiger partial charge in [0.15, 0.2) is 0 Å². The molecular formula is C11H13ClN2O. The van der Waals surface area contributed by atoms with Gasteiger partial charge < -0.3 is 10.6 Å². The topological polar surface area (TPSA) is 46.3 Å². The molecule has 0 spiro atoms. The summed E-state index contributed by atoms with van der Waals surface area (Å²) in [6.45, 7) is 0.744. The summed E-state index contributed by atoms with van der Waals surface area (Å²) in [4.78, 5) is 13.5. The number of rotatable bonds is 1. The first kappa shape index (κ1) is 10.5. The van der Waals surface area contributed by atoms with Crippen LogP contribution in [0.5, 0.6) is 0 Å². The molecule has 0 radical (unpaired) electrons. The van der Waals surface area contributed by atoms with Crippen LogP contribution in [0.2, 0.25) is 5.02 Å². The fraction of sp³-hybridized carbons (Fsp3) is 0.364. The lowest BCUT2D eigenvalue weighted by molar-refractivity contribution is -0.120. The van der Waals surface area contributed by atoms with Crippen LogP contribution in [0, 0.1) is 0 Å². The zero-order valence-corrected chi connectivity index (χ0v) is 9.07. The van der Waals surface area contributed by atoms with Crippen molar-refractivity contribution >= 4 is 23.2 Å². The van der Waals surface area contributed by atoms with Crippen molar-refractivity contribution in [2.24, 2.45) is 5.73 Å². The van der Waals surface area contributed by atoms with E-state index < -0.39 is 0 Å². The van der Waals surface area contributed by atoms with Crippen LogP contribution < -0.4 is 10.6 Å². The molecule has 1 saturated heterocycles. The first-order chi connectivity index (χ1) is 7.18. The standard InChI is InChI=1S/C11H13ClN2O/c12-8-3-5-9(6-4-8)14-7-1-2-10(13)11(14)15/h3-6,10H,1-2,7,13H2. The summed E-state index contributed by atoms with van der Waals surface area (Å²) in [5.74, 6) is 0.00331. The maximum Gasteiger partial charge on any atom is 0.243 e. The fourth-order valence-electron chi connectivity index (χ4n) is 1.78. The van der Waals surface area contributed by atoms with Gasteiger partial charge in [-0.25, -0.2) is 0 Å². The van der Waals surface area contributed by atoms with Crippen molar-refractivity contribution in [3.63, 3.8) is 0 Å². The van der Waals surface area contributed by atoms with E-state index in [1.54, 1.807) is 17.0 Å². The molecule has 1 aromatic carbocycles. The summed E-state index contributed by atoms with van der Waals surface area (Å²) in [6.07, 6.45) is 1.73. The molecule has 1 aromatic rings. The lowest BCUT2D eigenvalue weighted by atomic mass is 10.1. The van der Waals surface area contributed by atoms with Gasteiger partial charge in [0.05, 0.1) is 6.04 Å². The molecule has 1 heterocycles. The molecule has 0 aromatic heterocycles. The Bertz CT molecular complexity index is 363. The molecule has 1 unspecified atom stereocenters. The third-order valence-corrected chi connectivity index (χ3v) is 2.87. The van der Waals surface area contributed by atoms with Gasteiger partial charge in [-0.2, -0.15) is 0 Å². The molecule has 0 bridgehead atoms. The predicted molar refractivity (Wildman–Crippen MR) is 61.0 cm³/mol. The van der Waals surface area contributed by atoms with Gasteiger partial charge in [-0.15, -0.1) is 0 Å². The molecule has 3 nitrogen and oxygen atoms in total. The summed E-state index contributed by atoms with van der Waals surface area (Å²) in [6, 6.07) is 6.90. The normalized spacial score (nSPS) is 21.9. The predicted octanol–water partition coefficient (Wildman–Crippen LogP) is 1.79. The number of piperidine rings is 1. The Labute approximate surface area is 93.8 Å². The Kier molecular flexibility index (Phi) is 2.93. The van der Waals surface area contributed by atoms with Crippen LogP contribution in [0.4, 0.5) is 5.69 Å². The number of nitrogens with two attached hydrogens (primary N) is 1. The average molecular weight is 225 g/mol. The molecular weight excluding hydrogens is 212 g/mol. The number of halogens is 1. The van der Waals surface area contributed by atoms with Crippen LogP contribution in [0.25, 0.3) is 0 Å². The van der Waals surface area contributed by atoms with Gasteiger partial charge in [-0.1, -0.05) is 11.6 Å². The van der Waals surface area contributed by atoms with E-state index in [4.69, 9.17) is 17.3 Å². The molecule has 2 N–H and O–H groups in total. The highest BCUT2D eigenvalue weighted by Gasteiger charge is 2.26. The number of carbonyl (C=O) groups is 1. The zero-order chi connectivity index (χ0) is 10.8. The van der Waals surface area contributed by atoms with E-state index in [9.17, 15) is 4.79 Å². The van der Waals surface area contributed by atoms with Crippen molar-refractivity contribution in [1.82, 2.24) is 0 Å². The number of nitrogens with zero attached hydrogens (tertiary/aromatic N) is 1. The molecule has 15 heavy (non-hydrogen) atoms. The lowest BCUT2D eigenvalue weighted by Crippen LogP contribution is -2.48. The second-order valence-corrected chi connectivity index (χ2v) is 4.15. The Morgan fingerprint density at radius 3 is 2.67 bits per heavy atom. The number of anilines is 1. The summed E-state index contributed by atoms with van der Waals surface area (Å²) >= 11 is 5.79. The zero-order valence-electron chi connectivity index (χ0n) is 8.32. The second-order valence-electron chi connectivity index (χ2n) is 3.72. The van der Waals surface area contributed by atoms with Crippen molar-refractivity contribution in [2.75, 3.05) is 11.4 Å². The molecule has 1 amide bonds. The van der Waals surface area contributed by atoms with Gasteiger partial charge in [0.2, 0.25) is 5.91 Å². The third-order valence-electron chi connectivity index (χ3n) is 2.62. The van der Waals surface area contributed by atoms with E-state index in [-0.39, 0.29) is 11.9 Å². The molecule has 0 aliphatic carbocycles. The van der Waals surface area contributed by atoms with E-state index in [1.165, 1.54) is 0 Å². The fourth-order valence-corrected chi connectivity index (χ4v) is 1.91. The van der Waals surface area contributed by atoms with Gasteiger partial charge in [0, 0.05) is 17.3 Å². The minimum Gasteiger partial charge on any atom is -0.320 e. The van der Waals surface area contributed by atoms with E-state index in [0.29, 0.717) is 5.02 Å². The Morgan fingerprint density at radius 2 is 2.00 bits per heavy atom. The first-order valence-electron chi connectivity index (χ1n) is 5.01. The summed E-state index contributed by atoms with van der Waals surface area (Å²) < 4.78 is 0. The van der Waals surface area contributed by atoms with E-state index in [1.807, 2.05) is 12.1 Å². The maximum atomic E-state index is 11.8. The highest BCUT2D eigenvalue weighted by Crippen LogP contribution is 2.22. The van der Waals surface area contributed by atoms with E-state index in [0.717, 1.165) is 25.1 Å². The van der Waals surface area contributed by atoms with E-state index >= 15 is 0 Å². The van der Waals surface area contributed by atoms with Crippen molar-refractivity contribution in [1.29, 1.82) is 0 Å². The lowest BCUT2D eigenvalue weighted by Gasteiger charge is -2.30. The molecule has 80 valence electrons. The van der Waals surface area contributed by atoms with Crippen LogP contribution in [0.3, 0.4) is 0 Å². The van der Waals surface area contributed by atoms with Crippen molar-refractivity contribution in [3.8, 4) is 0 Å². The molecule has 1 aliphatic rings. The minimum absolute atomic E-state index is 0.00331. The van der Waals surface area contributed by atoms with Gasteiger partial charge in [0.1, 0.15) is 0 Å². The quantitative estimate of drug-likeness (QED) is 0.791. The Morgan fingerprint density at radius 1 is 1.33 bits per heavy atom. The number of amides is 1.